The van der Waals surface area contributed by atoms with Crippen LogP contribution in [0.4, 0.5) is 5.69 Å². The molecule has 1 aromatic carbocycles. The van der Waals surface area contributed by atoms with E-state index in [9.17, 15) is 14.4 Å². The van der Waals surface area contributed by atoms with Crippen molar-refractivity contribution in [2.75, 3.05) is 19.4 Å². The number of aromatic nitrogens is 3. The summed E-state index contributed by atoms with van der Waals surface area (Å²) in [6, 6.07) is 6.46. The number of hydrogen-bond acceptors (Lipinski definition) is 5. The highest BCUT2D eigenvalue weighted by Crippen LogP contribution is 2.11. The summed E-state index contributed by atoms with van der Waals surface area (Å²) in [5, 5.41) is 18.8. The quantitative estimate of drug-likeness (QED) is 0.783. The largest absolute Gasteiger partial charge is 0.481 e. The number of nitrogens with zero attached hydrogens (tertiary/aromatic N) is 4. The number of amides is 2. The third-order valence-electron chi connectivity index (χ3n) is 3.13. The van der Waals surface area contributed by atoms with Crippen molar-refractivity contribution in [3.63, 3.8) is 0 Å². The number of carbonyl (C=O) groups is 3. The molecule has 0 spiro atoms. The molecule has 0 radical (unpaired) electrons. The summed E-state index contributed by atoms with van der Waals surface area (Å²) in [5.41, 5.74) is 1.22. The van der Waals surface area contributed by atoms with Gasteiger partial charge in [0.25, 0.3) is 5.91 Å². The van der Waals surface area contributed by atoms with Gasteiger partial charge in [0.1, 0.15) is 6.54 Å². The maximum atomic E-state index is 12.1. The van der Waals surface area contributed by atoms with E-state index in [1.165, 1.54) is 15.8 Å². The van der Waals surface area contributed by atoms with Crippen molar-refractivity contribution in [3.8, 4) is 0 Å². The maximum Gasteiger partial charge on any atom is 0.307 e. The zero-order valence-electron chi connectivity index (χ0n) is 13.3. The van der Waals surface area contributed by atoms with Crippen molar-refractivity contribution in [2.24, 2.45) is 0 Å². The minimum Gasteiger partial charge on any atom is -0.481 e. The Balaban J connectivity index is 1.98. The van der Waals surface area contributed by atoms with Crippen LogP contribution in [0.15, 0.2) is 30.5 Å². The number of nitrogens with one attached hydrogen (secondary N) is 1. The summed E-state index contributed by atoms with van der Waals surface area (Å²) in [7, 11) is 3.25. The number of carboxylic acids is 1. The molecule has 24 heavy (non-hydrogen) atoms. The molecule has 0 saturated carbocycles. The number of aliphatic carboxylic acids is 1. The van der Waals surface area contributed by atoms with Gasteiger partial charge in [0.15, 0.2) is 5.69 Å². The van der Waals surface area contributed by atoms with Crippen LogP contribution in [0.5, 0.6) is 0 Å². The molecule has 9 heteroatoms. The molecule has 0 unspecified atom stereocenters. The lowest BCUT2D eigenvalue weighted by molar-refractivity contribution is -0.136. The third-order valence-corrected chi connectivity index (χ3v) is 3.13. The fourth-order valence-corrected chi connectivity index (χ4v) is 1.84. The minimum atomic E-state index is -0.921. The molecule has 0 atom stereocenters. The van der Waals surface area contributed by atoms with Crippen molar-refractivity contribution < 1.29 is 19.5 Å². The first-order valence-corrected chi connectivity index (χ1v) is 7.07. The van der Waals surface area contributed by atoms with Crippen molar-refractivity contribution in [1.82, 2.24) is 19.9 Å². The molecule has 0 saturated heterocycles. The molecular weight excluding hydrogens is 314 g/mol. The van der Waals surface area contributed by atoms with Crippen LogP contribution < -0.4 is 5.32 Å². The second kappa shape index (κ2) is 7.36. The summed E-state index contributed by atoms with van der Waals surface area (Å²) < 4.78 is 1.28. The molecule has 0 aliphatic heterocycles. The van der Waals surface area contributed by atoms with Crippen LogP contribution in [0.25, 0.3) is 0 Å². The number of likely N-dealkylation sites (N-methyl/N-ethyl adjacent to an activating group) is 1. The van der Waals surface area contributed by atoms with Crippen molar-refractivity contribution in [3.05, 3.63) is 41.7 Å². The maximum absolute atomic E-state index is 12.1. The van der Waals surface area contributed by atoms with E-state index in [-0.39, 0.29) is 24.6 Å². The van der Waals surface area contributed by atoms with Crippen molar-refractivity contribution >= 4 is 23.5 Å². The highest BCUT2D eigenvalue weighted by atomic mass is 16.4. The Kier molecular flexibility index (Phi) is 5.25. The standard InChI is InChI=1S/C15H17N5O4/c1-19(2)13(21)9-20-8-12(17-18-20)15(24)16-11-5-3-10(4-6-11)7-14(22)23/h3-6,8H,7,9H2,1-2H3,(H,16,24)(H,22,23). The number of benzene rings is 1. The molecule has 2 rings (SSSR count). The van der Waals surface area contributed by atoms with Crippen LogP contribution in [-0.4, -0.2) is 56.9 Å². The van der Waals surface area contributed by atoms with Gasteiger partial charge in [-0.15, -0.1) is 5.10 Å². The number of rotatable bonds is 6. The molecule has 126 valence electrons. The lowest BCUT2D eigenvalue weighted by Crippen LogP contribution is -2.26. The average Bonchev–Trinajstić information content (AvgIpc) is 2.97. The second-order valence-corrected chi connectivity index (χ2v) is 5.31. The monoisotopic (exact) mass is 331 g/mol. The summed E-state index contributed by atoms with van der Waals surface area (Å²) in [4.78, 5) is 35.7. The topological polar surface area (TPSA) is 117 Å². The fourth-order valence-electron chi connectivity index (χ4n) is 1.84. The Labute approximate surface area is 137 Å². The third kappa shape index (κ3) is 4.63. The molecule has 0 fully saturated rings. The van der Waals surface area contributed by atoms with E-state index < -0.39 is 11.9 Å². The minimum absolute atomic E-state index is 0.00281. The van der Waals surface area contributed by atoms with E-state index in [2.05, 4.69) is 15.6 Å². The van der Waals surface area contributed by atoms with Crippen LogP contribution in [0.1, 0.15) is 16.1 Å². The lowest BCUT2D eigenvalue weighted by atomic mass is 10.1. The Hall–Kier alpha value is -3.23. The van der Waals surface area contributed by atoms with E-state index in [0.717, 1.165) is 0 Å². The summed E-state index contributed by atoms with van der Waals surface area (Å²) in [5.74, 6) is -1.55. The molecule has 2 amide bonds. The molecule has 0 aliphatic carbocycles. The van der Waals surface area contributed by atoms with Gasteiger partial charge >= 0.3 is 5.97 Å². The van der Waals surface area contributed by atoms with Gasteiger partial charge in [-0.2, -0.15) is 0 Å². The highest BCUT2D eigenvalue weighted by Gasteiger charge is 2.13. The van der Waals surface area contributed by atoms with Crippen LogP contribution in [0, 0.1) is 0 Å². The zero-order chi connectivity index (χ0) is 17.7. The van der Waals surface area contributed by atoms with Gasteiger partial charge < -0.3 is 15.3 Å². The van der Waals surface area contributed by atoms with E-state index >= 15 is 0 Å². The highest BCUT2D eigenvalue weighted by molar-refractivity contribution is 6.02. The molecule has 2 aromatic rings. The molecule has 0 bridgehead atoms. The smallest absolute Gasteiger partial charge is 0.307 e. The van der Waals surface area contributed by atoms with E-state index in [0.29, 0.717) is 11.3 Å². The Morgan fingerprint density at radius 3 is 2.46 bits per heavy atom. The first-order valence-electron chi connectivity index (χ1n) is 7.07. The molecule has 9 nitrogen and oxygen atoms in total. The van der Waals surface area contributed by atoms with Crippen molar-refractivity contribution in [2.45, 2.75) is 13.0 Å². The van der Waals surface area contributed by atoms with Gasteiger partial charge in [0.2, 0.25) is 5.91 Å². The zero-order valence-corrected chi connectivity index (χ0v) is 13.3. The predicted molar refractivity (Wildman–Crippen MR) is 84.5 cm³/mol. The van der Waals surface area contributed by atoms with E-state index in [4.69, 9.17) is 5.11 Å². The van der Waals surface area contributed by atoms with Gasteiger partial charge in [-0.3, -0.25) is 14.4 Å². The molecular formula is C15H17N5O4. The van der Waals surface area contributed by atoms with Crippen LogP contribution >= 0.6 is 0 Å². The number of carbonyl (C=O) groups excluding carboxylic acids is 2. The predicted octanol–water partition coefficient (Wildman–Crippen LogP) is 0.246. The molecule has 2 N–H and O–H groups in total. The van der Waals surface area contributed by atoms with Crippen LogP contribution in [0.3, 0.4) is 0 Å². The summed E-state index contributed by atoms with van der Waals surface area (Å²) >= 11 is 0. The Bertz CT molecular complexity index is 751. The number of hydrogen-bond donors (Lipinski definition) is 2. The number of carboxylic acid groups (broad SMARTS) is 1. The van der Waals surface area contributed by atoms with Gasteiger partial charge in [0.05, 0.1) is 12.6 Å². The van der Waals surface area contributed by atoms with Gasteiger partial charge in [-0.1, -0.05) is 17.3 Å². The SMILES string of the molecule is CN(C)C(=O)Cn1cc(C(=O)Nc2ccc(CC(=O)O)cc2)nn1. The van der Waals surface area contributed by atoms with E-state index in [1.54, 1.807) is 38.4 Å². The first-order chi connectivity index (χ1) is 11.3. The Morgan fingerprint density at radius 2 is 1.88 bits per heavy atom. The van der Waals surface area contributed by atoms with Gasteiger partial charge in [0, 0.05) is 19.8 Å². The normalized spacial score (nSPS) is 10.2. The van der Waals surface area contributed by atoms with Crippen LogP contribution in [-0.2, 0) is 22.6 Å². The average molecular weight is 331 g/mol. The van der Waals surface area contributed by atoms with E-state index in [1.807, 2.05) is 0 Å². The molecule has 1 aromatic heterocycles. The Morgan fingerprint density at radius 1 is 1.21 bits per heavy atom. The second-order valence-electron chi connectivity index (χ2n) is 5.31. The van der Waals surface area contributed by atoms with Crippen LogP contribution in [0.2, 0.25) is 0 Å². The molecule has 1 heterocycles. The van der Waals surface area contributed by atoms with Gasteiger partial charge in [-0.25, -0.2) is 4.68 Å². The molecule has 0 aliphatic rings. The fraction of sp³-hybridized carbons (Fsp3) is 0.267. The lowest BCUT2D eigenvalue weighted by Gasteiger charge is -2.08. The first kappa shape index (κ1) is 17.1. The summed E-state index contributed by atoms with van der Waals surface area (Å²) in [6.07, 6.45) is 1.30. The number of anilines is 1. The van der Waals surface area contributed by atoms with Crippen molar-refractivity contribution in [1.29, 1.82) is 0 Å². The van der Waals surface area contributed by atoms with Gasteiger partial charge in [-0.05, 0) is 17.7 Å². The summed E-state index contributed by atoms with van der Waals surface area (Å²) in [6.45, 7) is -0.00281.